The third kappa shape index (κ3) is 4.75. The molecule has 2 aromatic heterocycles. The maximum atomic E-state index is 12.8. The Hall–Kier alpha value is -2.62. The minimum atomic E-state index is -0.143. The second-order valence-corrected chi connectivity index (χ2v) is 8.29. The van der Waals surface area contributed by atoms with Gasteiger partial charge in [0.1, 0.15) is 13.2 Å². The van der Waals surface area contributed by atoms with Gasteiger partial charge >= 0.3 is 0 Å². The van der Waals surface area contributed by atoms with E-state index in [1.807, 2.05) is 34.5 Å². The lowest BCUT2D eigenvalue weighted by atomic mass is 10.1. The topological polar surface area (TPSA) is 75.8 Å². The van der Waals surface area contributed by atoms with Crippen molar-refractivity contribution in [3.8, 4) is 11.5 Å². The van der Waals surface area contributed by atoms with Gasteiger partial charge in [-0.1, -0.05) is 6.07 Å². The van der Waals surface area contributed by atoms with E-state index in [4.69, 9.17) is 26.4 Å². The molecule has 4 rings (SSSR count). The Morgan fingerprint density at radius 2 is 2.07 bits per heavy atom. The first kappa shape index (κ1) is 20.6. The Morgan fingerprint density at radius 3 is 2.80 bits per heavy atom. The zero-order chi connectivity index (χ0) is 20.9. The molecule has 1 aromatic carbocycles. The average molecular weight is 446 g/mol. The lowest BCUT2D eigenvalue weighted by molar-refractivity contribution is 0.172. The Labute approximate surface area is 183 Å². The molecule has 0 atom stereocenters. The van der Waals surface area contributed by atoms with Crippen LogP contribution in [0.25, 0.3) is 10.9 Å². The van der Waals surface area contributed by atoms with Crippen molar-refractivity contribution in [2.24, 2.45) is 0 Å². The number of H-pyrrole nitrogens is 1. The predicted molar refractivity (Wildman–Crippen MR) is 122 cm³/mol. The van der Waals surface area contributed by atoms with Gasteiger partial charge in [-0.2, -0.15) is 0 Å². The minimum absolute atomic E-state index is 0.143. The van der Waals surface area contributed by atoms with Gasteiger partial charge in [0.25, 0.3) is 5.56 Å². The molecule has 3 aromatic rings. The first-order valence-corrected chi connectivity index (χ1v) is 10.9. The molecule has 0 fully saturated rings. The van der Waals surface area contributed by atoms with Crippen molar-refractivity contribution in [1.29, 1.82) is 0 Å². The molecule has 3 heterocycles. The molecule has 0 saturated heterocycles. The van der Waals surface area contributed by atoms with Gasteiger partial charge in [-0.15, -0.1) is 11.3 Å². The summed E-state index contributed by atoms with van der Waals surface area (Å²) in [4.78, 5) is 18.9. The molecule has 9 heteroatoms. The second-order valence-electron chi connectivity index (χ2n) is 6.87. The van der Waals surface area contributed by atoms with E-state index in [9.17, 15) is 4.79 Å². The van der Waals surface area contributed by atoms with Crippen molar-refractivity contribution in [1.82, 2.24) is 15.2 Å². The van der Waals surface area contributed by atoms with Crippen LogP contribution in [0.4, 0.5) is 0 Å². The smallest absolute Gasteiger partial charge is 0.253 e. The van der Waals surface area contributed by atoms with Gasteiger partial charge < -0.3 is 29.4 Å². The zero-order valence-electron chi connectivity index (χ0n) is 16.6. The molecule has 0 aliphatic carbocycles. The van der Waals surface area contributed by atoms with Gasteiger partial charge in [-0.25, -0.2) is 0 Å². The van der Waals surface area contributed by atoms with E-state index in [0.717, 1.165) is 10.9 Å². The molecule has 158 valence electrons. The van der Waals surface area contributed by atoms with E-state index in [0.29, 0.717) is 61.6 Å². The van der Waals surface area contributed by atoms with E-state index in [1.165, 1.54) is 4.88 Å². The Balaban J connectivity index is 1.61. The van der Waals surface area contributed by atoms with Crippen molar-refractivity contribution in [3.63, 3.8) is 0 Å². The highest BCUT2D eigenvalue weighted by Gasteiger charge is 2.17. The molecule has 1 aliphatic rings. The molecule has 0 bridgehead atoms. The molecule has 1 aliphatic heterocycles. The number of benzene rings is 1. The third-order valence-electron chi connectivity index (χ3n) is 4.74. The summed E-state index contributed by atoms with van der Waals surface area (Å²) in [6.45, 7) is 3.19. The number of thiocarbonyl (C=S) groups is 1. The van der Waals surface area contributed by atoms with Crippen LogP contribution in [0.3, 0.4) is 0 Å². The molecular weight excluding hydrogens is 422 g/mol. The number of nitrogens with zero attached hydrogens (tertiary/aromatic N) is 1. The van der Waals surface area contributed by atoms with Gasteiger partial charge in [0.15, 0.2) is 16.6 Å². The molecule has 7 nitrogen and oxygen atoms in total. The standard InChI is InChI=1S/C21H23N3O4S2/c1-26-5-4-22-21(29)24(13-16-3-2-8-30-16)12-15-9-14-10-18-19(28-7-6-27-18)11-17(14)23-20(15)25/h2-3,8-11H,4-7,12-13H2,1H3,(H,22,29)(H,23,25). The van der Waals surface area contributed by atoms with Crippen LogP contribution in [0.15, 0.2) is 40.5 Å². The lowest BCUT2D eigenvalue weighted by Gasteiger charge is -2.25. The van der Waals surface area contributed by atoms with E-state index < -0.39 is 0 Å². The second kappa shape index (κ2) is 9.46. The highest BCUT2D eigenvalue weighted by Crippen LogP contribution is 2.33. The Morgan fingerprint density at radius 1 is 1.27 bits per heavy atom. The fourth-order valence-electron chi connectivity index (χ4n) is 3.27. The highest BCUT2D eigenvalue weighted by molar-refractivity contribution is 7.80. The largest absolute Gasteiger partial charge is 0.486 e. The van der Waals surface area contributed by atoms with E-state index in [-0.39, 0.29) is 5.56 Å². The number of aromatic nitrogens is 1. The average Bonchev–Trinajstić information content (AvgIpc) is 3.25. The number of fused-ring (bicyclic) bond motifs is 2. The molecule has 2 N–H and O–H groups in total. The molecule has 0 spiro atoms. The number of pyridine rings is 1. The Bertz CT molecular complexity index is 1080. The summed E-state index contributed by atoms with van der Waals surface area (Å²) in [6, 6.07) is 9.68. The maximum Gasteiger partial charge on any atom is 0.253 e. The molecule has 0 saturated carbocycles. The van der Waals surface area contributed by atoms with Gasteiger partial charge in [-0.3, -0.25) is 4.79 Å². The van der Waals surface area contributed by atoms with Gasteiger partial charge in [0.2, 0.25) is 0 Å². The van der Waals surface area contributed by atoms with Crippen LogP contribution in [0, 0.1) is 0 Å². The summed E-state index contributed by atoms with van der Waals surface area (Å²) in [5.74, 6) is 1.35. The van der Waals surface area contributed by atoms with E-state index >= 15 is 0 Å². The van der Waals surface area contributed by atoms with Gasteiger partial charge in [0, 0.05) is 35.5 Å². The first-order chi connectivity index (χ1) is 14.6. The van der Waals surface area contributed by atoms with Crippen molar-refractivity contribution in [3.05, 3.63) is 56.5 Å². The monoisotopic (exact) mass is 445 g/mol. The summed E-state index contributed by atoms with van der Waals surface area (Å²) in [6.07, 6.45) is 0. The van der Waals surface area contributed by atoms with Gasteiger partial charge in [-0.05, 0) is 35.8 Å². The molecule has 0 radical (unpaired) electrons. The summed E-state index contributed by atoms with van der Waals surface area (Å²) >= 11 is 7.25. The van der Waals surface area contributed by atoms with Crippen molar-refractivity contribution in [2.45, 2.75) is 13.1 Å². The number of hydrogen-bond donors (Lipinski definition) is 2. The number of ether oxygens (including phenoxy) is 3. The summed E-state index contributed by atoms with van der Waals surface area (Å²) in [7, 11) is 1.65. The van der Waals surface area contributed by atoms with Crippen molar-refractivity contribution in [2.75, 3.05) is 33.5 Å². The third-order valence-corrected chi connectivity index (χ3v) is 6.01. The number of nitrogens with one attached hydrogen (secondary N) is 2. The fraction of sp³-hybridized carbons (Fsp3) is 0.333. The van der Waals surface area contributed by atoms with Crippen LogP contribution in [0.1, 0.15) is 10.4 Å². The number of methoxy groups -OCH3 is 1. The SMILES string of the molecule is COCCNC(=S)N(Cc1cccs1)Cc1cc2cc3c(cc2[nH]c1=O)OCCO3. The first-order valence-electron chi connectivity index (χ1n) is 9.63. The van der Waals surface area contributed by atoms with Crippen LogP contribution >= 0.6 is 23.6 Å². The summed E-state index contributed by atoms with van der Waals surface area (Å²) in [5, 5.41) is 6.71. The fourth-order valence-corrected chi connectivity index (χ4v) is 4.22. The van der Waals surface area contributed by atoms with E-state index in [2.05, 4.69) is 16.4 Å². The molecule has 0 unspecified atom stereocenters. The van der Waals surface area contributed by atoms with Gasteiger partial charge in [0.05, 0.1) is 25.2 Å². The quantitative estimate of drug-likeness (QED) is 0.428. The van der Waals surface area contributed by atoms with Crippen LogP contribution in [0.2, 0.25) is 0 Å². The molecular formula is C21H23N3O4S2. The summed E-state index contributed by atoms with van der Waals surface area (Å²) in [5.41, 5.74) is 1.21. The van der Waals surface area contributed by atoms with E-state index in [1.54, 1.807) is 18.4 Å². The number of hydrogen-bond acceptors (Lipinski definition) is 6. The van der Waals surface area contributed by atoms with Crippen LogP contribution in [0.5, 0.6) is 11.5 Å². The number of thiophene rings is 1. The van der Waals surface area contributed by atoms with Crippen LogP contribution < -0.4 is 20.3 Å². The highest BCUT2D eigenvalue weighted by atomic mass is 32.1. The normalized spacial score (nSPS) is 12.7. The van der Waals surface area contributed by atoms with Crippen molar-refractivity contribution < 1.29 is 14.2 Å². The molecule has 30 heavy (non-hydrogen) atoms. The maximum absolute atomic E-state index is 12.8. The lowest BCUT2D eigenvalue weighted by Crippen LogP contribution is -2.41. The predicted octanol–water partition coefficient (Wildman–Crippen LogP) is 2.88. The van der Waals surface area contributed by atoms with Crippen LogP contribution in [-0.4, -0.2) is 48.5 Å². The number of aromatic amines is 1. The van der Waals surface area contributed by atoms with Crippen molar-refractivity contribution >= 4 is 39.6 Å². The Kier molecular flexibility index (Phi) is 6.51. The minimum Gasteiger partial charge on any atom is -0.486 e. The number of rotatable bonds is 7. The van der Waals surface area contributed by atoms with Crippen LogP contribution in [-0.2, 0) is 17.8 Å². The summed E-state index contributed by atoms with van der Waals surface area (Å²) < 4.78 is 16.4. The molecule has 0 amide bonds. The zero-order valence-corrected chi connectivity index (χ0v) is 18.2.